The van der Waals surface area contributed by atoms with Gasteiger partial charge in [0.25, 0.3) is 0 Å². The van der Waals surface area contributed by atoms with Crippen LogP contribution < -0.4 is 10.4 Å². The second-order valence-corrected chi connectivity index (χ2v) is 6.55. The average Bonchev–Trinajstić information content (AvgIpc) is 3.37. The zero-order valence-corrected chi connectivity index (χ0v) is 15.5. The predicted molar refractivity (Wildman–Crippen MR) is 100.0 cm³/mol. The molecule has 0 aliphatic heterocycles. The van der Waals surface area contributed by atoms with E-state index in [0.29, 0.717) is 28.1 Å². The maximum atomic E-state index is 12.1. The largest absolute Gasteiger partial charge is 0.497 e. The minimum absolute atomic E-state index is 0.0840. The number of hydrogen-bond acceptors (Lipinski definition) is 9. The maximum Gasteiger partial charge on any atom is 0.336 e. The van der Waals surface area contributed by atoms with E-state index in [1.165, 1.54) is 24.5 Å². The molecule has 0 spiro atoms. The third-order valence-electron chi connectivity index (χ3n) is 3.93. The van der Waals surface area contributed by atoms with Gasteiger partial charge >= 0.3 is 11.6 Å². The van der Waals surface area contributed by atoms with Gasteiger partial charge in [0.15, 0.2) is 6.54 Å². The van der Waals surface area contributed by atoms with Gasteiger partial charge in [-0.2, -0.15) is 16.1 Å². The van der Waals surface area contributed by atoms with Crippen molar-refractivity contribution in [2.24, 2.45) is 0 Å². The number of aromatic nitrogens is 4. The van der Waals surface area contributed by atoms with Crippen LogP contribution in [0.5, 0.6) is 5.75 Å². The summed E-state index contributed by atoms with van der Waals surface area (Å²) in [6.45, 7) is -0.274. The van der Waals surface area contributed by atoms with Crippen molar-refractivity contribution in [2.45, 2.75) is 13.2 Å². The number of rotatable bonds is 6. The molecule has 142 valence electrons. The van der Waals surface area contributed by atoms with Crippen LogP contribution in [0.1, 0.15) is 5.56 Å². The average molecular weight is 398 g/mol. The van der Waals surface area contributed by atoms with Crippen molar-refractivity contribution in [1.82, 2.24) is 20.2 Å². The lowest BCUT2D eigenvalue weighted by Crippen LogP contribution is -2.16. The number of nitrogens with zero attached hydrogens (tertiary/aromatic N) is 4. The molecule has 0 fully saturated rings. The van der Waals surface area contributed by atoms with Crippen molar-refractivity contribution in [2.75, 3.05) is 7.11 Å². The number of methoxy groups -OCH3 is 1. The topological polar surface area (TPSA) is 109 Å². The molecule has 0 amide bonds. The zero-order chi connectivity index (χ0) is 19.5. The SMILES string of the molecule is COc1ccc2c(COC(=O)Cn3nnc(-c4ccsc4)n3)cc(=O)oc2c1. The molecular weight excluding hydrogens is 384 g/mol. The Morgan fingerprint density at radius 1 is 1.29 bits per heavy atom. The van der Waals surface area contributed by atoms with Gasteiger partial charge in [-0.05, 0) is 28.8 Å². The molecule has 0 aliphatic rings. The maximum absolute atomic E-state index is 12.1. The lowest BCUT2D eigenvalue weighted by molar-refractivity contribution is -0.146. The molecule has 0 radical (unpaired) electrons. The number of carbonyl (C=O) groups is 1. The molecule has 4 rings (SSSR count). The van der Waals surface area contributed by atoms with Crippen LogP contribution in [0.4, 0.5) is 0 Å². The van der Waals surface area contributed by atoms with E-state index in [2.05, 4.69) is 15.4 Å². The van der Waals surface area contributed by atoms with Gasteiger partial charge in [-0.3, -0.25) is 0 Å². The van der Waals surface area contributed by atoms with Crippen LogP contribution in [0, 0.1) is 0 Å². The Kier molecular flexibility index (Phi) is 4.85. The Balaban J connectivity index is 1.46. The van der Waals surface area contributed by atoms with Crippen molar-refractivity contribution in [1.29, 1.82) is 0 Å². The number of thiophene rings is 1. The molecule has 0 bridgehead atoms. The smallest absolute Gasteiger partial charge is 0.336 e. The molecule has 1 aromatic carbocycles. The van der Waals surface area contributed by atoms with Gasteiger partial charge in [-0.1, -0.05) is 0 Å². The Bertz CT molecular complexity index is 1180. The number of tetrazole rings is 1. The number of hydrogen-bond donors (Lipinski definition) is 0. The van der Waals surface area contributed by atoms with Crippen LogP contribution in [0.15, 0.2) is 50.3 Å². The van der Waals surface area contributed by atoms with Crippen LogP contribution in [0.3, 0.4) is 0 Å². The quantitative estimate of drug-likeness (QED) is 0.359. The van der Waals surface area contributed by atoms with E-state index in [1.807, 2.05) is 16.8 Å². The predicted octanol–water partition coefficient (Wildman–Crippen LogP) is 2.26. The minimum atomic E-state index is -0.552. The van der Waals surface area contributed by atoms with Crippen LogP contribution in [0.2, 0.25) is 0 Å². The second-order valence-electron chi connectivity index (χ2n) is 5.77. The molecular formula is C18H14N4O5S. The summed E-state index contributed by atoms with van der Waals surface area (Å²) in [5.41, 5.74) is 1.19. The number of ether oxygens (including phenoxy) is 2. The highest BCUT2D eigenvalue weighted by Gasteiger charge is 2.13. The van der Waals surface area contributed by atoms with Gasteiger partial charge in [0, 0.05) is 34.0 Å². The first-order chi connectivity index (χ1) is 13.6. The molecule has 4 aromatic rings. The lowest BCUT2D eigenvalue weighted by Gasteiger charge is -2.08. The van der Waals surface area contributed by atoms with Crippen molar-refractivity contribution in [3.05, 3.63) is 57.1 Å². The van der Waals surface area contributed by atoms with Crippen molar-refractivity contribution in [3.63, 3.8) is 0 Å². The zero-order valence-electron chi connectivity index (χ0n) is 14.7. The molecule has 28 heavy (non-hydrogen) atoms. The number of benzene rings is 1. The number of fused-ring (bicyclic) bond motifs is 1. The lowest BCUT2D eigenvalue weighted by atomic mass is 10.1. The fourth-order valence-electron chi connectivity index (χ4n) is 2.59. The first-order valence-corrected chi connectivity index (χ1v) is 9.13. The van der Waals surface area contributed by atoms with Gasteiger partial charge in [0.05, 0.1) is 7.11 Å². The van der Waals surface area contributed by atoms with Crippen LogP contribution in [-0.4, -0.2) is 33.3 Å². The summed E-state index contributed by atoms with van der Waals surface area (Å²) in [5, 5.41) is 16.4. The van der Waals surface area contributed by atoms with Crippen molar-refractivity contribution in [3.8, 4) is 17.1 Å². The first kappa shape index (κ1) is 17.9. The summed E-state index contributed by atoms with van der Waals surface area (Å²) in [5.74, 6) is 0.447. The molecule has 0 unspecified atom stereocenters. The summed E-state index contributed by atoms with van der Waals surface area (Å²) in [6.07, 6.45) is 0. The highest BCUT2D eigenvalue weighted by molar-refractivity contribution is 7.08. The Labute approximate surface area is 162 Å². The van der Waals surface area contributed by atoms with Gasteiger partial charge < -0.3 is 13.9 Å². The summed E-state index contributed by atoms with van der Waals surface area (Å²) in [6, 6.07) is 8.24. The van der Waals surface area contributed by atoms with E-state index in [4.69, 9.17) is 13.9 Å². The highest BCUT2D eigenvalue weighted by atomic mass is 32.1. The van der Waals surface area contributed by atoms with Gasteiger partial charge in [0.1, 0.15) is 17.9 Å². The number of esters is 1. The summed E-state index contributed by atoms with van der Waals surface area (Å²) >= 11 is 1.52. The Hall–Kier alpha value is -3.53. The molecule has 0 atom stereocenters. The fourth-order valence-corrected chi connectivity index (χ4v) is 3.23. The molecule has 3 heterocycles. The minimum Gasteiger partial charge on any atom is -0.497 e. The summed E-state index contributed by atoms with van der Waals surface area (Å²) in [4.78, 5) is 25.1. The first-order valence-electron chi connectivity index (χ1n) is 8.19. The van der Waals surface area contributed by atoms with Gasteiger partial charge in [-0.25, -0.2) is 9.59 Å². The van der Waals surface area contributed by atoms with E-state index in [9.17, 15) is 9.59 Å². The van der Waals surface area contributed by atoms with E-state index in [0.717, 1.165) is 10.4 Å². The number of carbonyl (C=O) groups excluding carboxylic acids is 1. The molecule has 0 saturated carbocycles. The van der Waals surface area contributed by atoms with Gasteiger partial charge in [-0.15, -0.1) is 10.2 Å². The van der Waals surface area contributed by atoms with E-state index >= 15 is 0 Å². The summed E-state index contributed by atoms with van der Waals surface area (Å²) < 4.78 is 15.6. The molecule has 10 heteroatoms. The second kappa shape index (κ2) is 7.61. The Morgan fingerprint density at radius 2 is 2.18 bits per heavy atom. The Morgan fingerprint density at radius 3 is 2.96 bits per heavy atom. The third kappa shape index (κ3) is 3.76. The molecule has 3 aromatic heterocycles. The highest BCUT2D eigenvalue weighted by Crippen LogP contribution is 2.23. The third-order valence-corrected chi connectivity index (χ3v) is 4.61. The summed E-state index contributed by atoms with van der Waals surface area (Å²) in [7, 11) is 1.52. The van der Waals surface area contributed by atoms with Crippen LogP contribution in [0.25, 0.3) is 22.4 Å². The molecule has 0 aliphatic carbocycles. The van der Waals surface area contributed by atoms with E-state index in [1.54, 1.807) is 18.2 Å². The van der Waals surface area contributed by atoms with E-state index < -0.39 is 11.6 Å². The van der Waals surface area contributed by atoms with Crippen molar-refractivity contribution >= 4 is 28.3 Å². The molecule has 9 nitrogen and oxygen atoms in total. The van der Waals surface area contributed by atoms with E-state index in [-0.39, 0.29) is 13.2 Å². The monoisotopic (exact) mass is 398 g/mol. The standard InChI is InChI=1S/C18H14N4O5S/c1-25-13-2-3-14-12(6-16(23)27-15(14)7-13)9-26-17(24)8-22-20-18(19-21-22)11-4-5-28-10-11/h2-7,10H,8-9H2,1H3. The van der Waals surface area contributed by atoms with Gasteiger partial charge in [0.2, 0.25) is 5.82 Å². The van der Waals surface area contributed by atoms with Crippen LogP contribution >= 0.6 is 11.3 Å². The fraction of sp³-hybridized carbons (Fsp3) is 0.167. The molecule has 0 N–H and O–H groups in total. The van der Waals surface area contributed by atoms with Crippen LogP contribution in [-0.2, 0) is 22.7 Å². The van der Waals surface area contributed by atoms with Crippen molar-refractivity contribution < 1.29 is 18.7 Å². The molecule has 0 saturated heterocycles. The normalized spacial score (nSPS) is 10.9.